The highest BCUT2D eigenvalue weighted by Crippen LogP contribution is 2.13. The van der Waals surface area contributed by atoms with Crippen molar-refractivity contribution >= 4 is 0 Å². The van der Waals surface area contributed by atoms with E-state index in [0.717, 1.165) is 11.3 Å². The first-order valence-corrected chi connectivity index (χ1v) is 5.57. The first-order valence-electron chi connectivity index (χ1n) is 5.57. The van der Waals surface area contributed by atoms with Crippen molar-refractivity contribution in [1.82, 2.24) is 4.98 Å². The number of rotatable bonds is 6. The molecule has 0 saturated heterocycles. The Morgan fingerprint density at radius 2 is 2.19 bits per heavy atom. The number of nitrogens with zero attached hydrogens (tertiary/aromatic N) is 1. The fourth-order valence-corrected chi connectivity index (χ4v) is 1.41. The van der Waals surface area contributed by atoms with Gasteiger partial charge in [0, 0.05) is 24.9 Å². The molecule has 4 nitrogen and oxygen atoms in total. The van der Waals surface area contributed by atoms with Crippen LogP contribution in [0.4, 0.5) is 0 Å². The van der Waals surface area contributed by atoms with Crippen molar-refractivity contribution in [3.8, 4) is 5.88 Å². The zero-order valence-corrected chi connectivity index (χ0v) is 10.2. The van der Waals surface area contributed by atoms with Gasteiger partial charge in [0.15, 0.2) is 0 Å². The third kappa shape index (κ3) is 4.16. The largest absolute Gasteiger partial charge is 0.472 e. The highest BCUT2D eigenvalue weighted by Gasteiger charge is 2.06. The molecule has 0 radical (unpaired) electrons. The van der Waals surface area contributed by atoms with E-state index >= 15 is 0 Å². The monoisotopic (exact) mass is 224 g/mol. The molecule has 2 N–H and O–H groups in total. The highest BCUT2D eigenvalue weighted by atomic mass is 16.5. The van der Waals surface area contributed by atoms with Crippen LogP contribution in [0.25, 0.3) is 0 Å². The molecule has 0 fully saturated rings. The van der Waals surface area contributed by atoms with Crippen LogP contribution in [0.5, 0.6) is 5.88 Å². The average molecular weight is 224 g/mol. The Morgan fingerprint density at radius 3 is 2.81 bits per heavy atom. The van der Waals surface area contributed by atoms with Gasteiger partial charge in [0.2, 0.25) is 5.88 Å². The van der Waals surface area contributed by atoms with Gasteiger partial charge in [-0.3, -0.25) is 0 Å². The number of aryl methyl sites for hydroxylation is 1. The van der Waals surface area contributed by atoms with Gasteiger partial charge >= 0.3 is 0 Å². The van der Waals surface area contributed by atoms with Crippen LogP contribution < -0.4 is 10.5 Å². The van der Waals surface area contributed by atoms with E-state index in [1.165, 1.54) is 0 Å². The highest BCUT2D eigenvalue weighted by molar-refractivity contribution is 5.24. The number of nitrogens with two attached hydrogens (primary N) is 1. The van der Waals surface area contributed by atoms with Gasteiger partial charge in [0.05, 0.1) is 6.61 Å². The van der Waals surface area contributed by atoms with Crippen LogP contribution in [-0.2, 0) is 11.3 Å². The molecule has 0 aliphatic carbocycles. The quantitative estimate of drug-likeness (QED) is 0.798. The standard InChI is InChI=1S/C12H20N2O2/c1-4-15-8-10(3)16-12-6-11(7-13)5-9(2)14-12/h5-6,10H,4,7-8,13H2,1-3H3. The average Bonchev–Trinajstić information content (AvgIpc) is 2.25. The summed E-state index contributed by atoms with van der Waals surface area (Å²) in [5.41, 5.74) is 7.54. The summed E-state index contributed by atoms with van der Waals surface area (Å²) in [4.78, 5) is 4.30. The Morgan fingerprint density at radius 1 is 1.44 bits per heavy atom. The molecule has 1 rings (SSSR count). The summed E-state index contributed by atoms with van der Waals surface area (Å²) in [6.45, 7) is 7.62. The molecule has 0 saturated carbocycles. The second kappa shape index (κ2) is 6.45. The van der Waals surface area contributed by atoms with E-state index in [4.69, 9.17) is 15.2 Å². The molecular weight excluding hydrogens is 204 g/mol. The Bertz CT molecular complexity index is 329. The molecule has 1 aromatic heterocycles. The van der Waals surface area contributed by atoms with E-state index < -0.39 is 0 Å². The van der Waals surface area contributed by atoms with Crippen LogP contribution in [-0.4, -0.2) is 24.3 Å². The van der Waals surface area contributed by atoms with Gasteiger partial charge < -0.3 is 15.2 Å². The van der Waals surface area contributed by atoms with Crippen LogP contribution in [0.3, 0.4) is 0 Å². The molecule has 1 atom stereocenters. The van der Waals surface area contributed by atoms with E-state index in [1.807, 2.05) is 32.9 Å². The van der Waals surface area contributed by atoms with E-state index in [0.29, 0.717) is 25.6 Å². The minimum absolute atomic E-state index is 0.000116. The lowest BCUT2D eigenvalue weighted by Crippen LogP contribution is -2.20. The molecule has 1 unspecified atom stereocenters. The second-order valence-electron chi connectivity index (χ2n) is 3.75. The van der Waals surface area contributed by atoms with Crippen molar-refractivity contribution in [3.63, 3.8) is 0 Å². The lowest BCUT2D eigenvalue weighted by atomic mass is 10.2. The molecule has 4 heteroatoms. The zero-order valence-electron chi connectivity index (χ0n) is 10.2. The van der Waals surface area contributed by atoms with Gasteiger partial charge in [0.25, 0.3) is 0 Å². The maximum atomic E-state index is 5.65. The van der Waals surface area contributed by atoms with Crippen molar-refractivity contribution in [3.05, 3.63) is 23.4 Å². The summed E-state index contributed by atoms with van der Waals surface area (Å²) in [5.74, 6) is 0.618. The first kappa shape index (κ1) is 12.9. The second-order valence-corrected chi connectivity index (χ2v) is 3.75. The van der Waals surface area contributed by atoms with Crippen molar-refractivity contribution < 1.29 is 9.47 Å². The van der Waals surface area contributed by atoms with Crippen LogP contribution in [0.1, 0.15) is 25.1 Å². The molecule has 1 aromatic rings. The third-order valence-corrected chi connectivity index (χ3v) is 2.10. The molecule has 1 heterocycles. The van der Waals surface area contributed by atoms with Crippen LogP contribution in [0.2, 0.25) is 0 Å². The summed E-state index contributed by atoms with van der Waals surface area (Å²) in [6.07, 6.45) is -0.000116. The molecule has 0 spiro atoms. The van der Waals surface area contributed by atoms with Crippen molar-refractivity contribution in [1.29, 1.82) is 0 Å². The van der Waals surface area contributed by atoms with Crippen LogP contribution in [0, 0.1) is 6.92 Å². The maximum Gasteiger partial charge on any atom is 0.214 e. The Hall–Kier alpha value is -1.13. The molecule has 90 valence electrons. The fraction of sp³-hybridized carbons (Fsp3) is 0.583. The Kier molecular flexibility index (Phi) is 5.22. The minimum atomic E-state index is -0.000116. The Labute approximate surface area is 96.8 Å². The lowest BCUT2D eigenvalue weighted by molar-refractivity contribution is 0.0632. The minimum Gasteiger partial charge on any atom is -0.472 e. The van der Waals surface area contributed by atoms with E-state index in [1.54, 1.807) is 0 Å². The molecule has 0 aliphatic heterocycles. The normalized spacial score (nSPS) is 12.5. The summed E-state index contributed by atoms with van der Waals surface area (Å²) in [6, 6.07) is 3.83. The number of pyridine rings is 1. The van der Waals surface area contributed by atoms with Gasteiger partial charge in [-0.2, -0.15) is 0 Å². The summed E-state index contributed by atoms with van der Waals surface area (Å²) >= 11 is 0. The van der Waals surface area contributed by atoms with Crippen molar-refractivity contribution in [2.24, 2.45) is 5.73 Å². The lowest BCUT2D eigenvalue weighted by Gasteiger charge is -2.14. The fourth-order valence-electron chi connectivity index (χ4n) is 1.41. The van der Waals surface area contributed by atoms with E-state index in [-0.39, 0.29) is 6.10 Å². The zero-order chi connectivity index (χ0) is 12.0. The summed E-state index contributed by atoms with van der Waals surface area (Å²) in [5, 5.41) is 0. The molecule has 0 aromatic carbocycles. The third-order valence-electron chi connectivity index (χ3n) is 2.10. The van der Waals surface area contributed by atoms with Gasteiger partial charge in [-0.15, -0.1) is 0 Å². The smallest absolute Gasteiger partial charge is 0.214 e. The van der Waals surface area contributed by atoms with Gasteiger partial charge in [0.1, 0.15) is 6.10 Å². The molecular formula is C12H20N2O2. The SMILES string of the molecule is CCOCC(C)Oc1cc(CN)cc(C)n1. The molecule has 0 aliphatic rings. The van der Waals surface area contributed by atoms with E-state index in [2.05, 4.69) is 4.98 Å². The van der Waals surface area contributed by atoms with Crippen molar-refractivity contribution in [2.75, 3.05) is 13.2 Å². The number of hydrogen-bond donors (Lipinski definition) is 1. The maximum absolute atomic E-state index is 5.65. The van der Waals surface area contributed by atoms with Gasteiger partial charge in [-0.1, -0.05) is 0 Å². The predicted molar refractivity (Wildman–Crippen MR) is 63.4 cm³/mol. The van der Waals surface area contributed by atoms with Crippen LogP contribution >= 0.6 is 0 Å². The summed E-state index contributed by atoms with van der Waals surface area (Å²) in [7, 11) is 0. The predicted octanol–water partition coefficient (Wildman–Crippen LogP) is 1.65. The topological polar surface area (TPSA) is 57.4 Å². The van der Waals surface area contributed by atoms with Gasteiger partial charge in [-0.25, -0.2) is 4.98 Å². The number of aromatic nitrogens is 1. The molecule has 16 heavy (non-hydrogen) atoms. The summed E-state index contributed by atoms with van der Waals surface area (Å²) < 4.78 is 10.9. The number of ether oxygens (including phenoxy) is 2. The van der Waals surface area contributed by atoms with E-state index in [9.17, 15) is 0 Å². The van der Waals surface area contributed by atoms with Gasteiger partial charge in [-0.05, 0) is 32.4 Å². The first-order chi connectivity index (χ1) is 7.65. The van der Waals surface area contributed by atoms with Crippen molar-refractivity contribution in [2.45, 2.75) is 33.4 Å². The number of hydrogen-bond acceptors (Lipinski definition) is 4. The Balaban J connectivity index is 2.61. The van der Waals surface area contributed by atoms with Crippen LogP contribution in [0.15, 0.2) is 12.1 Å². The molecule has 0 amide bonds. The molecule has 0 bridgehead atoms.